The van der Waals surface area contributed by atoms with Crippen molar-refractivity contribution in [3.8, 4) is 0 Å². The summed E-state index contributed by atoms with van der Waals surface area (Å²) in [6, 6.07) is -0.518. The van der Waals surface area contributed by atoms with Crippen LogP contribution >= 0.6 is 0 Å². The summed E-state index contributed by atoms with van der Waals surface area (Å²) in [4.78, 5) is 26.2. The van der Waals surface area contributed by atoms with Crippen LogP contribution in [0.25, 0.3) is 0 Å². The van der Waals surface area contributed by atoms with Crippen LogP contribution in [0.2, 0.25) is 0 Å². The van der Waals surface area contributed by atoms with Gasteiger partial charge in [-0.25, -0.2) is 0 Å². The van der Waals surface area contributed by atoms with Crippen molar-refractivity contribution < 1.29 is 9.59 Å². The Labute approximate surface area is 161 Å². The van der Waals surface area contributed by atoms with E-state index in [0.717, 1.165) is 25.8 Å². The molecule has 2 amide bonds. The van der Waals surface area contributed by atoms with Gasteiger partial charge < -0.3 is 10.6 Å². The fourth-order valence-corrected chi connectivity index (χ4v) is 6.04. The zero-order valence-electron chi connectivity index (χ0n) is 16.7. The van der Waals surface area contributed by atoms with Crippen molar-refractivity contribution in [3.63, 3.8) is 0 Å². The number of nitrogens with one attached hydrogen (secondary N) is 2. The molecule has 0 radical (unpaired) electrons. The second-order valence-electron chi connectivity index (χ2n) is 9.47. The minimum absolute atomic E-state index is 0.0316. The molecule has 4 aliphatic rings. The monoisotopic (exact) mass is 372 g/mol. The number of rotatable bonds is 6. The highest BCUT2D eigenvalue weighted by Crippen LogP contribution is 2.60. The van der Waals surface area contributed by atoms with E-state index in [0.29, 0.717) is 23.4 Å². The quantitative estimate of drug-likeness (QED) is 0.805. The van der Waals surface area contributed by atoms with Gasteiger partial charge in [0.05, 0.1) is 11.9 Å². The largest absolute Gasteiger partial charge is 0.344 e. The van der Waals surface area contributed by atoms with Crippen molar-refractivity contribution in [3.05, 3.63) is 12.4 Å². The van der Waals surface area contributed by atoms with Gasteiger partial charge in [-0.05, 0) is 69.1 Å². The fourth-order valence-electron chi connectivity index (χ4n) is 6.04. The van der Waals surface area contributed by atoms with Crippen molar-refractivity contribution in [1.82, 2.24) is 15.1 Å². The average Bonchev–Trinajstić information content (AvgIpc) is 3.05. The number of carbonyl (C=O) groups is 2. The fraction of sp³-hybridized carbons (Fsp3) is 0.762. The lowest BCUT2D eigenvalue weighted by molar-refractivity contribution is -0.148. The summed E-state index contributed by atoms with van der Waals surface area (Å²) in [5.41, 5.74) is 0.450. The maximum atomic E-state index is 13.3. The molecular formula is C21H32N4O2. The van der Waals surface area contributed by atoms with Gasteiger partial charge in [-0.15, -0.1) is 0 Å². The molecule has 6 heteroatoms. The number of aromatic nitrogens is 2. The molecular weight excluding hydrogens is 340 g/mol. The molecule has 6 nitrogen and oxygen atoms in total. The molecule has 0 spiro atoms. The molecule has 0 saturated heterocycles. The first-order valence-electron chi connectivity index (χ1n) is 10.5. The molecule has 1 heterocycles. The van der Waals surface area contributed by atoms with E-state index in [1.807, 2.05) is 27.0 Å². The summed E-state index contributed by atoms with van der Waals surface area (Å²) < 4.78 is 1.77. The summed E-state index contributed by atoms with van der Waals surface area (Å²) in [6.07, 6.45) is 10.4. The highest BCUT2D eigenvalue weighted by atomic mass is 16.2. The lowest BCUT2D eigenvalue weighted by atomic mass is 9.49. The molecule has 2 N–H and O–H groups in total. The summed E-state index contributed by atoms with van der Waals surface area (Å²) in [5.74, 6) is 2.14. The maximum absolute atomic E-state index is 13.3. The van der Waals surface area contributed by atoms with Crippen molar-refractivity contribution in [2.24, 2.45) is 29.1 Å². The van der Waals surface area contributed by atoms with Crippen LogP contribution in [-0.4, -0.2) is 27.6 Å². The first kappa shape index (κ1) is 18.5. The Hall–Kier alpha value is -1.85. The van der Waals surface area contributed by atoms with E-state index in [1.165, 1.54) is 19.3 Å². The van der Waals surface area contributed by atoms with Crippen LogP contribution in [0.3, 0.4) is 0 Å². The third-order valence-electron chi connectivity index (χ3n) is 6.98. The van der Waals surface area contributed by atoms with Crippen LogP contribution in [0, 0.1) is 29.1 Å². The summed E-state index contributed by atoms with van der Waals surface area (Å²) in [6.45, 7) is 6.73. The Kier molecular flexibility index (Phi) is 4.77. The van der Waals surface area contributed by atoms with Gasteiger partial charge in [0.1, 0.15) is 6.04 Å². The molecule has 1 unspecified atom stereocenters. The summed E-state index contributed by atoms with van der Waals surface area (Å²) >= 11 is 0. The third-order valence-corrected chi connectivity index (χ3v) is 6.98. The van der Waals surface area contributed by atoms with Crippen LogP contribution in [0.4, 0.5) is 5.69 Å². The van der Waals surface area contributed by atoms with E-state index < -0.39 is 6.04 Å². The number of aryl methyl sites for hydroxylation is 1. The standard InChI is InChI=1S/C21H32N4O2/c1-4-25-12-17(11-22-25)23-19(26)18(13(2)3)24-20(27)21-8-14-5-15(9-21)7-16(6-14)10-21/h11-16,18H,4-10H2,1-3H3,(H,23,26)(H,24,27). The minimum Gasteiger partial charge on any atom is -0.344 e. The van der Waals surface area contributed by atoms with Gasteiger partial charge in [-0.1, -0.05) is 13.8 Å². The molecule has 1 atom stereocenters. The molecule has 0 aliphatic heterocycles. The Bertz CT molecular complexity index is 688. The highest BCUT2D eigenvalue weighted by Gasteiger charge is 2.55. The number of anilines is 1. The first-order chi connectivity index (χ1) is 12.9. The lowest BCUT2D eigenvalue weighted by Gasteiger charge is -2.55. The van der Waals surface area contributed by atoms with Crippen LogP contribution < -0.4 is 10.6 Å². The van der Waals surface area contributed by atoms with Crippen molar-refractivity contribution in [2.75, 3.05) is 5.32 Å². The first-order valence-corrected chi connectivity index (χ1v) is 10.5. The molecule has 4 bridgehead atoms. The van der Waals surface area contributed by atoms with Crippen LogP contribution in [0.15, 0.2) is 12.4 Å². The lowest BCUT2D eigenvalue weighted by Crippen LogP contribution is -2.57. The van der Waals surface area contributed by atoms with E-state index in [-0.39, 0.29) is 23.1 Å². The number of amides is 2. The van der Waals surface area contributed by atoms with Gasteiger partial charge in [0.2, 0.25) is 11.8 Å². The number of nitrogens with zero attached hydrogens (tertiary/aromatic N) is 2. The van der Waals surface area contributed by atoms with Gasteiger partial charge in [-0.3, -0.25) is 14.3 Å². The summed E-state index contributed by atoms with van der Waals surface area (Å²) in [5, 5.41) is 10.3. The molecule has 1 aromatic rings. The van der Waals surface area contributed by atoms with Crippen molar-refractivity contribution >= 4 is 17.5 Å². The summed E-state index contributed by atoms with van der Waals surface area (Å²) in [7, 11) is 0. The van der Waals surface area contributed by atoms with Crippen molar-refractivity contribution in [1.29, 1.82) is 0 Å². The topological polar surface area (TPSA) is 76.0 Å². The molecule has 4 saturated carbocycles. The number of carbonyl (C=O) groups excluding carboxylic acids is 2. The number of hydrogen-bond acceptors (Lipinski definition) is 3. The maximum Gasteiger partial charge on any atom is 0.247 e. The van der Waals surface area contributed by atoms with Gasteiger partial charge in [0.25, 0.3) is 0 Å². The molecule has 27 heavy (non-hydrogen) atoms. The van der Waals surface area contributed by atoms with Gasteiger partial charge in [0.15, 0.2) is 0 Å². The minimum atomic E-state index is -0.518. The van der Waals surface area contributed by atoms with E-state index >= 15 is 0 Å². The third kappa shape index (κ3) is 3.50. The molecule has 5 rings (SSSR count). The predicted octanol–water partition coefficient (Wildman–Crippen LogP) is 3.20. The van der Waals surface area contributed by atoms with E-state index in [4.69, 9.17) is 0 Å². The van der Waals surface area contributed by atoms with Gasteiger partial charge in [-0.2, -0.15) is 5.10 Å². The molecule has 0 aromatic carbocycles. The SMILES string of the molecule is CCn1cc(NC(=O)C(NC(=O)C23CC4CC(CC(C4)C2)C3)C(C)C)cn1. The van der Waals surface area contributed by atoms with E-state index in [1.54, 1.807) is 10.9 Å². The Balaban J connectivity index is 1.45. The van der Waals surface area contributed by atoms with E-state index in [9.17, 15) is 9.59 Å². The zero-order chi connectivity index (χ0) is 19.2. The van der Waals surface area contributed by atoms with Gasteiger partial charge >= 0.3 is 0 Å². The molecule has 4 aliphatic carbocycles. The smallest absolute Gasteiger partial charge is 0.247 e. The zero-order valence-corrected chi connectivity index (χ0v) is 16.7. The molecule has 1 aromatic heterocycles. The second-order valence-corrected chi connectivity index (χ2v) is 9.47. The Morgan fingerprint density at radius 3 is 2.26 bits per heavy atom. The normalized spacial score (nSPS) is 32.5. The van der Waals surface area contributed by atoms with Crippen LogP contribution in [-0.2, 0) is 16.1 Å². The second kappa shape index (κ2) is 6.95. The van der Waals surface area contributed by atoms with Crippen LogP contribution in [0.5, 0.6) is 0 Å². The molecule has 4 fully saturated rings. The van der Waals surface area contributed by atoms with Crippen LogP contribution in [0.1, 0.15) is 59.3 Å². The Morgan fingerprint density at radius 2 is 1.78 bits per heavy atom. The number of hydrogen-bond donors (Lipinski definition) is 2. The van der Waals surface area contributed by atoms with Gasteiger partial charge in [0, 0.05) is 18.2 Å². The average molecular weight is 373 g/mol. The highest BCUT2D eigenvalue weighted by molar-refractivity contribution is 5.98. The predicted molar refractivity (Wildman–Crippen MR) is 104 cm³/mol. The van der Waals surface area contributed by atoms with E-state index in [2.05, 4.69) is 15.7 Å². The Morgan fingerprint density at radius 1 is 1.19 bits per heavy atom. The molecule has 148 valence electrons. The van der Waals surface area contributed by atoms with Crippen molar-refractivity contribution in [2.45, 2.75) is 71.9 Å².